The second-order valence-electron chi connectivity index (χ2n) is 1.45. The van der Waals surface area contributed by atoms with Gasteiger partial charge in [-0.15, -0.1) is 0 Å². The summed E-state index contributed by atoms with van der Waals surface area (Å²) in [7, 11) is 0. The molecule has 2 nitrogen and oxygen atoms in total. The molecule has 0 radical (unpaired) electrons. The van der Waals surface area contributed by atoms with Crippen LogP contribution in [0.15, 0.2) is 0 Å². The molecule has 1 amide bonds. The van der Waals surface area contributed by atoms with Crippen LogP contribution in [0.2, 0.25) is 0 Å². The summed E-state index contributed by atoms with van der Waals surface area (Å²) in [6, 6.07) is 0. The molecule has 12 heavy (non-hydrogen) atoms. The van der Waals surface area contributed by atoms with Crippen molar-refractivity contribution in [1.29, 1.82) is 0 Å². The number of nitrogens with one attached hydrogen (secondary N) is 1. The highest BCUT2D eigenvalue weighted by Gasteiger charge is 2.05. The van der Waals surface area contributed by atoms with E-state index in [0.717, 1.165) is 19.4 Å². The summed E-state index contributed by atoms with van der Waals surface area (Å²) in [6.45, 7) is 12.9. The number of rotatable bonds is 0. The normalized spacial score (nSPS) is 12.0. The van der Waals surface area contributed by atoms with Crippen LogP contribution in [0.1, 0.15) is 54.4 Å². The van der Waals surface area contributed by atoms with Crippen molar-refractivity contribution in [2.45, 2.75) is 54.4 Å². The lowest BCUT2D eigenvalue weighted by Gasteiger charge is -1.80. The standard InChI is InChI=1S/C4H7NO.3C2H6/c6-4-2-1-3-5-4;3*1-2/h1-3H2,(H,5,6);3*1-2H3. The van der Waals surface area contributed by atoms with Gasteiger partial charge in [-0.05, 0) is 6.42 Å². The van der Waals surface area contributed by atoms with E-state index < -0.39 is 0 Å². The molecule has 0 atom stereocenters. The highest BCUT2D eigenvalue weighted by molar-refractivity contribution is 5.77. The molecule has 0 saturated carbocycles. The maximum atomic E-state index is 10.1. The zero-order valence-electron chi connectivity index (χ0n) is 9.53. The lowest BCUT2D eigenvalue weighted by molar-refractivity contribution is -0.119. The fourth-order valence-corrected chi connectivity index (χ4v) is 0.565. The molecule has 2 heteroatoms. The molecule has 0 aromatic rings. The van der Waals surface area contributed by atoms with Crippen molar-refractivity contribution in [3.05, 3.63) is 0 Å². The van der Waals surface area contributed by atoms with Gasteiger partial charge in [0, 0.05) is 13.0 Å². The van der Waals surface area contributed by atoms with Gasteiger partial charge in [0.25, 0.3) is 0 Å². The molecule has 1 aliphatic heterocycles. The van der Waals surface area contributed by atoms with Gasteiger partial charge in [0.15, 0.2) is 0 Å². The van der Waals surface area contributed by atoms with Crippen LogP contribution in [0.5, 0.6) is 0 Å². The first kappa shape index (κ1) is 17.5. The molecule has 1 saturated heterocycles. The Morgan fingerprint density at radius 1 is 1.00 bits per heavy atom. The van der Waals surface area contributed by atoms with Crippen LogP contribution in [-0.2, 0) is 4.79 Å². The highest BCUT2D eigenvalue weighted by Crippen LogP contribution is 1.93. The van der Waals surface area contributed by atoms with Gasteiger partial charge in [0.1, 0.15) is 0 Å². The maximum absolute atomic E-state index is 10.1. The minimum atomic E-state index is 0.204. The molecule has 0 unspecified atom stereocenters. The van der Waals surface area contributed by atoms with Gasteiger partial charge >= 0.3 is 0 Å². The first-order valence-electron chi connectivity index (χ1n) is 5.16. The second-order valence-corrected chi connectivity index (χ2v) is 1.45. The number of carbonyl (C=O) groups excluding carboxylic acids is 1. The highest BCUT2D eigenvalue weighted by atomic mass is 16.1. The lowest BCUT2D eigenvalue weighted by Crippen LogP contribution is -2.12. The van der Waals surface area contributed by atoms with Crippen LogP contribution in [0.3, 0.4) is 0 Å². The predicted molar refractivity (Wildman–Crippen MR) is 56.3 cm³/mol. The zero-order chi connectivity index (χ0) is 10.4. The van der Waals surface area contributed by atoms with Crippen molar-refractivity contribution in [1.82, 2.24) is 5.32 Å². The van der Waals surface area contributed by atoms with E-state index in [1.807, 2.05) is 41.5 Å². The van der Waals surface area contributed by atoms with Crippen molar-refractivity contribution in [3.8, 4) is 0 Å². The minimum Gasteiger partial charge on any atom is -0.356 e. The Kier molecular flexibility index (Phi) is 32.8. The minimum absolute atomic E-state index is 0.204. The van der Waals surface area contributed by atoms with Crippen molar-refractivity contribution in [3.63, 3.8) is 0 Å². The summed E-state index contributed by atoms with van der Waals surface area (Å²) < 4.78 is 0. The van der Waals surface area contributed by atoms with Crippen LogP contribution >= 0.6 is 0 Å². The van der Waals surface area contributed by atoms with Gasteiger partial charge in [0.05, 0.1) is 0 Å². The van der Waals surface area contributed by atoms with E-state index in [2.05, 4.69) is 5.32 Å². The molecule has 0 spiro atoms. The molecule has 1 rings (SSSR count). The van der Waals surface area contributed by atoms with Crippen molar-refractivity contribution < 1.29 is 4.79 Å². The number of hydrogen-bond acceptors (Lipinski definition) is 1. The molecule has 1 aliphatic rings. The van der Waals surface area contributed by atoms with E-state index >= 15 is 0 Å². The third-order valence-corrected chi connectivity index (χ3v) is 0.903. The van der Waals surface area contributed by atoms with Gasteiger partial charge in [-0.1, -0.05) is 41.5 Å². The SMILES string of the molecule is CC.CC.CC.O=C1CCCN1. The topological polar surface area (TPSA) is 29.1 Å². The molecular formula is C10H25NO. The van der Waals surface area contributed by atoms with E-state index in [0.29, 0.717) is 0 Å². The van der Waals surface area contributed by atoms with E-state index in [1.54, 1.807) is 0 Å². The molecule has 76 valence electrons. The largest absolute Gasteiger partial charge is 0.356 e. The number of amides is 1. The van der Waals surface area contributed by atoms with Gasteiger partial charge in [-0.25, -0.2) is 0 Å². The van der Waals surface area contributed by atoms with Crippen LogP contribution in [-0.4, -0.2) is 12.5 Å². The second kappa shape index (κ2) is 22.4. The molecule has 0 aromatic carbocycles. The first-order chi connectivity index (χ1) is 5.89. The fourth-order valence-electron chi connectivity index (χ4n) is 0.565. The van der Waals surface area contributed by atoms with Crippen LogP contribution in [0, 0.1) is 0 Å². The number of carbonyl (C=O) groups is 1. The summed E-state index contributed by atoms with van der Waals surface area (Å²) in [5.74, 6) is 0.204. The number of hydrogen-bond donors (Lipinski definition) is 1. The van der Waals surface area contributed by atoms with Crippen LogP contribution < -0.4 is 5.32 Å². The van der Waals surface area contributed by atoms with Crippen LogP contribution in [0.25, 0.3) is 0 Å². The van der Waals surface area contributed by atoms with Crippen molar-refractivity contribution in [2.24, 2.45) is 0 Å². The molecule has 1 heterocycles. The Labute approximate surface area is 77.7 Å². The van der Waals surface area contributed by atoms with Gasteiger partial charge in [-0.2, -0.15) is 0 Å². The van der Waals surface area contributed by atoms with Gasteiger partial charge in [-0.3, -0.25) is 4.79 Å². The Morgan fingerprint density at radius 2 is 1.42 bits per heavy atom. The van der Waals surface area contributed by atoms with Crippen LogP contribution in [0.4, 0.5) is 0 Å². The molecule has 0 aromatic heterocycles. The quantitative estimate of drug-likeness (QED) is 0.602. The van der Waals surface area contributed by atoms with E-state index in [9.17, 15) is 4.79 Å². The Hall–Kier alpha value is -0.530. The molecular weight excluding hydrogens is 150 g/mol. The third kappa shape index (κ3) is 16.2. The Balaban J connectivity index is -0.000000117. The monoisotopic (exact) mass is 175 g/mol. The smallest absolute Gasteiger partial charge is 0.220 e. The maximum Gasteiger partial charge on any atom is 0.220 e. The van der Waals surface area contributed by atoms with Gasteiger partial charge < -0.3 is 5.32 Å². The van der Waals surface area contributed by atoms with Crippen molar-refractivity contribution >= 4 is 5.91 Å². The summed E-state index contributed by atoms with van der Waals surface area (Å²) >= 11 is 0. The summed E-state index contributed by atoms with van der Waals surface area (Å²) in [5.41, 5.74) is 0. The average Bonchev–Trinajstić information content (AvgIpc) is 2.66. The lowest BCUT2D eigenvalue weighted by atomic mass is 10.4. The molecule has 1 fully saturated rings. The summed E-state index contributed by atoms with van der Waals surface area (Å²) in [6.07, 6.45) is 1.76. The van der Waals surface area contributed by atoms with E-state index in [4.69, 9.17) is 0 Å². The van der Waals surface area contributed by atoms with E-state index in [1.165, 1.54) is 0 Å². The first-order valence-corrected chi connectivity index (χ1v) is 5.16. The van der Waals surface area contributed by atoms with E-state index in [-0.39, 0.29) is 5.91 Å². The van der Waals surface area contributed by atoms with Crippen molar-refractivity contribution in [2.75, 3.05) is 6.54 Å². The zero-order valence-corrected chi connectivity index (χ0v) is 9.53. The Morgan fingerprint density at radius 3 is 1.50 bits per heavy atom. The summed E-state index contributed by atoms with van der Waals surface area (Å²) in [4.78, 5) is 10.1. The Bertz CT molecular complexity index is 64.2. The fraction of sp³-hybridized carbons (Fsp3) is 0.900. The summed E-state index contributed by atoms with van der Waals surface area (Å²) in [5, 5.41) is 2.68. The van der Waals surface area contributed by atoms with Gasteiger partial charge in [0.2, 0.25) is 5.91 Å². The predicted octanol–water partition coefficient (Wildman–Crippen LogP) is 2.98. The molecule has 0 bridgehead atoms. The molecule has 1 N–H and O–H groups in total. The third-order valence-electron chi connectivity index (χ3n) is 0.903. The average molecular weight is 175 g/mol. The molecule has 0 aliphatic carbocycles.